The van der Waals surface area contributed by atoms with Crippen molar-refractivity contribution in [3.63, 3.8) is 0 Å². The van der Waals surface area contributed by atoms with Gasteiger partial charge >= 0.3 is 5.97 Å². The molecule has 2 amide bonds. The molecule has 1 aliphatic rings. The van der Waals surface area contributed by atoms with E-state index in [1.165, 1.54) is 24.4 Å². The highest BCUT2D eigenvalue weighted by atomic mass is 35.5. The van der Waals surface area contributed by atoms with Gasteiger partial charge in [0.1, 0.15) is 11.4 Å². The number of aromatic nitrogens is 1. The third kappa shape index (κ3) is 7.13. The summed E-state index contributed by atoms with van der Waals surface area (Å²) in [4.78, 5) is 50.8. The van der Waals surface area contributed by atoms with Crippen molar-refractivity contribution >= 4 is 46.7 Å². The van der Waals surface area contributed by atoms with Gasteiger partial charge in [0, 0.05) is 23.3 Å². The van der Waals surface area contributed by atoms with Crippen LogP contribution in [0.4, 0.5) is 5.69 Å². The molecule has 2 atom stereocenters. The summed E-state index contributed by atoms with van der Waals surface area (Å²) in [5, 5.41) is 39.5. The van der Waals surface area contributed by atoms with Crippen molar-refractivity contribution in [2.75, 3.05) is 18.4 Å². The fourth-order valence-electron chi connectivity index (χ4n) is 3.36. The van der Waals surface area contributed by atoms with Crippen LogP contribution in [-0.2, 0) is 9.59 Å². The fraction of sp³-hybridized carbons (Fsp3) is 0.273. The van der Waals surface area contributed by atoms with Crippen molar-refractivity contribution in [1.82, 2.24) is 20.9 Å². The largest absolute Gasteiger partial charge is 0.506 e. The van der Waals surface area contributed by atoms with Gasteiger partial charge in [-0.05, 0) is 30.7 Å². The highest BCUT2D eigenvalue weighted by Crippen LogP contribution is 2.36. The first-order valence-electron chi connectivity index (χ1n) is 10.6. The van der Waals surface area contributed by atoms with Gasteiger partial charge in [-0.1, -0.05) is 23.2 Å². The molecule has 192 valence electrons. The lowest BCUT2D eigenvalue weighted by Crippen LogP contribution is -2.39. The Morgan fingerprint density at radius 1 is 1.19 bits per heavy atom. The Morgan fingerprint density at radius 3 is 2.61 bits per heavy atom. The highest BCUT2D eigenvalue weighted by molar-refractivity contribution is 6.35. The van der Waals surface area contributed by atoms with Crippen molar-refractivity contribution in [2.45, 2.75) is 25.0 Å². The number of H-pyrrole nitrogens is 1. The Labute approximate surface area is 214 Å². The van der Waals surface area contributed by atoms with Gasteiger partial charge in [-0.2, -0.15) is 0 Å². The second-order valence-electron chi connectivity index (χ2n) is 7.87. The number of nitrogens with one attached hydrogen (secondary N) is 5. The molecule has 2 unspecified atom stereocenters. The number of benzene rings is 1. The van der Waals surface area contributed by atoms with E-state index in [4.69, 9.17) is 23.2 Å². The number of aromatic amines is 1. The molecule has 0 radical (unpaired) electrons. The van der Waals surface area contributed by atoms with Crippen molar-refractivity contribution in [3.05, 3.63) is 67.8 Å². The van der Waals surface area contributed by atoms with Crippen molar-refractivity contribution in [3.8, 4) is 5.75 Å². The molecule has 14 heteroatoms. The summed E-state index contributed by atoms with van der Waals surface area (Å²) in [5.41, 5.74) is -0.376. The zero-order valence-corrected chi connectivity index (χ0v) is 20.1. The number of aromatic hydroxyl groups is 1. The Morgan fingerprint density at radius 2 is 1.94 bits per heavy atom. The van der Waals surface area contributed by atoms with Crippen LogP contribution in [0.15, 0.2) is 41.1 Å². The molecule has 36 heavy (non-hydrogen) atoms. The number of aliphatic carboxylic acids is 1. The number of hydrogen-bond acceptors (Lipinski definition) is 8. The summed E-state index contributed by atoms with van der Waals surface area (Å²) in [7, 11) is 0. The number of anilines is 1. The van der Waals surface area contributed by atoms with Crippen molar-refractivity contribution in [2.24, 2.45) is 0 Å². The molecule has 0 bridgehead atoms. The maximum atomic E-state index is 12.6. The van der Waals surface area contributed by atoms with Gasteiger partial charge in [0.2, 0.25) is 5.91 Å². The minimum atomic E-state index is -1.26. The van der Waals surface area contributed by atoms with Gasteiger partial charge in [0.25, 0.3) is 11.5 Å². The minimum absolute atomic E-state index is 0.00377. The van der Waals surface area contributed by atoms with Gasteiger partial charge in [0.15, 0.2) is 0 Å². The lowest BCUT2D eigenvalue weighted by atomic mass is 10.0. The number of carbonyl (C=O) groups excluding carboxylic acids is 2. The van der Waals surface area contributed by atoms with E-state index >= 15 is 0 Å². The number of halogens is 2. The molecule has 0 aliphatic carbocycles. The molecule has 8 N–H and O–H groups in total. The molecule has 1 aromatic carbocycles. The molecule has 0 saturated heterocycles. The van der Waals surface area contributed by atoms with Crippen LogP contribution in [0, 0.1) is 0 Å². The normalized spacial score (nSPS) is 15.8. The first kappa shape index (κ1) is 26.9. The van der Waals surface area contributed by atoms with E-state index in [9.17, 15) is 34.5 Å². The second-order valence-corrected chi connectivity index (χ2v) is 8.71. The predicted molar refractivity (Wildman–Crippen MR) is 131 cm³/mol. The van der Waals surface area contributed by atoms with Crippen LogP contribution in [0.2, 0.25) is 10.0 Å². The lowest BCUT2D eigenvalue weighted by molar-refractivity contribution is -0.137. The fourth-order valence-corrected chi connectivity index (χ4v) is 3.87. The zero-order valence-electron chi connectivity index (χ0n) is 18.6. The van der Waals surface area contributed by atoms with Gasteiger partial charge in [-0.25, -0.2) is 0 Å². The molecule has 12 nitrogen and oxygen atoms in total. The zero-order chi connectivity index (χ0) is 26.4. The number of β-amino-alcohol motifs (C(OH)–C–C–N with tert-alkyl or cyclic N) is 1. The average Bonchev–Trinajstić information content (AvgIpc) is 2.82. The minimum Gasteiger partial charge on any atom is -0.506 e. The number of aliphatic hydroxyl groups is 1. The Kier molecular flexibility index (Phi) is 8.80. The standard InChI is InChI=1S/C22H23Cl2N5O7/c23-11-4-13(20(34)14(24)5-11)15(6-19(32)33)29-18(31)9-27-21(35)10-3-16(22(36)26-7-10)28-17-2-1-12(30)8-25-17/h2-5,7,12,15,25,28,30,34H,1,6,8-9H2,(H,26,36)(H,27,35)(H,29,31)(H,32,33). The monoisotopic (exact) mass is 539 g/mol. The summed E-state index contributed by atoms with van der Waals surface area (Å²) in [6.45, 7) is -0.232. The number of rotatable bonds is 9. The maximum Gasteiger partial charge on any atom is 0.305 e. The van der Waals surface area contributed by atoms with Gasteiger partial charge < -0.3 is 41.6 Å². The van der Waals surface area contributed by atoms with Gasteiger partial charge in [-0.15, -0.1) is 0 Å². The Balaban J connectivity index is 1.66. The van der Waals surface area contributed by atoms with E-state index in [1.54, 1.807) is 6.08 Å². The van der Waals surface area contributed by atoms with E-state index in [0.717, 1.165) is 0 Å². The number of carboxylic acids is 1. The quantitative estimate of drug-likeness (QED) is 0.230. The van der Waals surface area contributed by atoms with Crippen molar-refractivity contribution in [1.29, 1.82) is 0 Å². The number of amides is 2. The average molecular weight is 540 g/mol. The predicted octanol–water partition coefficient (Wildman–Crippen LogP) is 1.06. The lowest BCUT2D eigenvalue weighted by Gasteiger charge is -2.21. The smallest absolute Gasteiger partial charge is 0.305 e. The number of carboxylic acid groups (broad SMARTS) is 1. The highest BCUT2D eigenvalue weighted by Gasteiger charge is 2.23. The van der Waals surface area contributed by atoms with Crippen LogP contribution in [0.25, 0.3) is 0 Å². The van der Waals surface area contributed by atoms with E-state index < -0.39 is 54.2 Å². The number of phenolic OH excluding ortho intramolecular Hbond substituents is 1. The third-order valence-electron chi connectivity index (χ3n) is 5.11. The van der Waals surface area contributed by atoms with E-state index in [1.807, 2.05) is 0 Å². The molecular formula is C22H23Cl2N5O7. The Hall–Kier alpha value is -3.74. The van der Waals surface area contributed by atoms with E-state index in [2.05, 4.69) is 26.3 Å². The van der Waals surface area contributed by atoms with Crippen LogP contribution in [0.1, 0.15) is 34.8 Å². The molecule has 0 spiro atoms. The summed E-state index contributed by atoms with van der Waals surface area (Å²) in [6, 6.07) is 2.65. The number of phenols is 1. The first-order valence-corrected chi connectivity index (χ1v) is 11.4. The molecule has 0 fully saturated rings. The first-order chi connectivity index (χ1) is 17.0. The van der Waals surface area contributed by atoms with E-state index in [0.29, 0.717) is 18.8 Å². The SMILES string of the molecule is O=C(O)CC(NC(=O)CNC(=O)c1c[nH]c(=O)c(NC2=CCC(O)CN2)c1)c1cc(Cl)cc(Cl)c1O. The molecule has 1 aliphatic heterocycles. The second kappa shape index (κ2) is 11.8. The number of hydrogen-bond donors (Lipinski definition) is 8. The summed E-state index contributed by atoms with van der Waals surface area (Å²) >= 11 is 11.8. The topological polar surface area (TPSA) is 193 Å². The van der Waals surface area contributed by atoms with Crippen LogP contribution < -0.4 is 26.8 Å². The van der Waals surface area contributed by atoms with Crippen molar-refractivity contribution < 1.29 is 29.7 Å². The summed E-state index contributed by atoms with van der Waals surface area (Å²) in [6.07, 6.45) is 2.12. The number of aliphatic hydroxyl groups excluding tert-OH is 1. The third-order valence-corrected chi connectivity index (χ3v) is 5.62. The molecule has 3 rings (SSSR count). The summed E-state index contributed by atoms with van der Waals surface area (Å²) < 4.78 is 0. The van der Waals surface area contributed by atoms with Gasteiger partial charge in [0.05, 0.1) is 41.5 Å². The maximum absolute atomic E-state index is 12.6. The van der Waals surface area contributed by atoms with Crippen LogP contribution in [0.5, 0.6) is 5.75 Å². The van der Waals surface area contributed by atoms with Crippen LogP contribution in [-0.4, -0.2) is 57.3 Å². The van der Waals surface area contributed by atoms with Crippen LogP contribution >= 0.6 is 23.2 Å². The van der Waals surface area contributed by atoms with Crippen LogP contribution in [0.3, 0.4) is 0 Å². The number of pyridine rings is 1. The molecular weight excluding hydrogens is 517 g/mol. The molecule has 2 aromatic rings. The molecule has 0 saturated carbocycles. The van der Waals surface area contributed by atoms with E-state index in [-0.39, 0.29) is 26.9 Å². The number of carbonyl (C=O) groups is 3. The molecule has 2 heterocycles. The Bertz CT molecular complexity index is 1260. The summed E-state index contributed by atoms with van der Waals surface area (Å²) in [5.74, 6) is -2.62. The van der Waals surface area contributed by atoms with Gasteiger partial charge in [-0.3, -0.25) is 19.2 Å². The molecule has 1 aromatic heterocycles.